The molecule has 1 aromatic carbocycles. The average Bonchev–Trinajstić information content (AvgIpc) is 2.47. The van der Waals surface area contributed by atoms with Gasteiger partial charge >= 0.3 is 10.2 Å². The molecule has 1 N–H and O–H groups in total. The Morgan fingerprint density at radius 3 is 2.64 bits per heavy atom. The molecule has 0 saturated carbocycles. The van der Waals surface area contributed by atoms with Gasteiger partial charge in [-0.05, 0) is 42.9 Å². The summed E-state index contributed by atoms with van der Waals surface area (Å²) in [5, 5.41) is 0. The van der Waals surface area contributed by atoms with Crippen LogP contribution in [0.15, 0.2) is 24.3 Å². The van der Waals surface area contributed by atoms with Crippen molar-refractivity contribution in [3.05, 3.63) is 35.6 Å². The van der Waals surface area contributed by atoms with Gasteiger partial charge in [0.25, 0.3) is 0 Å². The van der Waals surface area contributed by atoms with Crippen LogP contribution in [-0.2, 0) is 15.0 Å². The van der Waals surface area contributed by atoms with Crippen LogP contribution in [-0.4, -0.2) is 31.7 Å². The number of rotatable bonds is 5. The molecule has 0 aromatic heterocycles. The summed E-state index contributed by atoms with van der Waals surface area (Å²) in [5.74, 6) is -0.609. The molecule has 22 heavy (non-hydrogen) atoms. The summed E-state index contributed by atoms with van der Waals surface area (Å²) in [6, 6.07) is 6.42. The maximum atomic E-state index is 13.3. The molecule has 0 unspecified atom stereocenters. The lowest BCUT2D eigenvalue weighted by molar-refractivity contribution is -0.119. The second-order valence-electron chi connectivity index (χ2n) is 5.51. The van der Waals surface area contributed by atoms with Gasteiger partial charge < -0.3 is 0 Å². The molecule has 0 bridgehead atoms. The molecule has 0 spiro atoms. The highest BCUT2D eigenvalue weighted by Gasteiger charge is 2.29. The molecule has 1 saturated heterocycles. The Labute approximate surface area is 130 Å². The predicted octanol–water partition coefficient (Wildman–Crippen LogP) is 2.17. The van der Waals surface area contributed by atoms with Gasteiger partial charge in [0.05, 0.1) is 0 Å². The molecule has 0 atom stereocenters. The Morgan fingerprint density at radius 1 is 1.36 bits per heavy atom. The molecule has 1 aliphatic rings. The lowest BCUT2D eigenvalue weighted by Crippen LogP contribution is -2.46. The number of carbonyl (C=O) groups is 1. The number of hydrogen-bond donors (Lipinski definition) is 1. The van der Waals surface area contributed by atoms with Crippen molar-refractivity contribution in [1.82, 2.24) is 9.03 Å². The van der Waals surface area contributed by atoms with E-state index in [0.717, 1.165) is 5.56 Å². The molecule has 2 rings (SSSR count). The topological polar surface area (TPSA) is 66.5 Å². The van der Waals surface area contributed by atoms with E-state index in [1.165, 1.54) is 16.4 Å². The van der Waals surface area contributed by atoms with Crippen molar-refractivity contribution in [3.63, 3.8) is 0 Å². The average molecular weight is 328 g/mol. The lowest BCUT2D eigenvalue weighted by atomic mass is 9.90. The number of piperidine rings is 1. The van der Waals surface area contributed by atoms with E-state index in [4.69, 9.17) is 0 Å². The quantitative estimate of drug-likeness (QED) is 0.901. The van der Waals surface area contributed by atoms with Gasteiger partial charge in [0.1, 0.15) is 5.82 Å². The minimum absolute atomic E-state index is 0.147. The third-order valence-electron chi connectivity index (χ3n) is 3.83. The van der Waals surface area contributed by atoms with Crippen molar-refractivity contribution in [1.29, 1.82) is 0 Å². The summed E-state index contributed by atoms with van der Waals surface area (Å²) >= 11 is 0. The molecule has 122 valence electrons. The highest BCUT2D eigenvalue weighted by atomic mass is 32.2. The summed E-state index contributed by atoms with van der Waals surface area (Å²) in [6.07, 6.45) is 2.03. The van der Waals surface area contributed by atoms with E-state index in [1.54, 1.807) is 6.07 Å². The summed E-state index contributed by atoms with van der Waals surface area (Å²) in [4.78, 5) is 11.5. The zero-order valence-corrected chi connectivity index (χ0v) is 13.4. The first-order valence-electron chi connectivity index (χ1n) is 7.48. The molecular formula is C15H21FN2O3S. The van der Waals surface area contributed by atoms with Crippen molar-refractivity contribution >= 4 is 16.1 Å². The van der Waals surface area contributed by atoms with Crippen LogP contribution in [0.3, 0.4) is 0 Å². The number of nitrogens with zero attached hydrogens (tertiary/aromatic N) is 1. The first-order chi connectivity index (χ1) is 10.4. The Balaban J connectivity index is 1.95. The monoisotopic (exact) mass is 328 g/mol. The molecule has 0 radical (unpaired) electrons. The highest BCUT2D eigenvalue weighted by molar-refractivity contribution is 7.87. The Bertz CT molecular complexity index is 625. The minimum Gasteiger partial charge on any atom is -0.274 e. The number of halogens is 1. The normalized spacial score (nSPS) is 17.4. The van der Waals surface area contributed by atoms with Gasteiger partial charge in [-0.25, -0.2) is 9.11 Å². The maximum Gasteiger partial charge on any atom is 0.303 e. The summed E-state index contributed by atoms with van der Waals surface area (Å²) < 4.78 is 40.8. The standard InChI is InChI=1S/C15H21FN2O3S/c1-2-4-15(19)17-22(20,21)18-9-7-12(8-10-18)13-5-3-6-14(16)11-13/h3,5-6,11-12H,2,4,7-10H2,1H3,(H,17,19). The number of nitrogens with one attached hydrogen (secondary N) is 1. The molecule has 1 heterocycles. The lowest BCUT2D eigenvalue weighted by Gasteiger charge is -2.31. The fourth-order valence-electron chi connectivity index (χ4n) is 2.68. The van der Waals surface area contributed by atoms with E-state index in [2.05, 4.69) is 4.72 Å². The molecule has 0 aliphatic carbocycles. The van der Waals surface area contributed by atoms with Gasteiger partial charge in [0, 0.05) is 19.5 Å². The van der Waals surface area contributed by atoms with Gasteiger partial charge in [-0.15, -0.1) is 0 Å². The zero-order chi connectivity index (χ0) is 16.2. The molecule has 1 aromatic rings. The van der Waals surface area contributed by atoms with Crippen molar-refractivity contribution < 1.29 is 17.6 Å². The van der Waals surface area contributed by atoms with Crippen LogP contribution in [0.2, 0.25) is 0 Å². The SMILES string of the molecule is CCCC(=O)NS(=O)(=O)N1CCC(c2cccc(F)c2)CC1. The van der Waals surface area contributed by atoms with Gasteiger partial charge in [-0.1, -0.05) is 19.1 Å². The Kier molecular flexibility index (Phi) is 5.52. The summed E-state index contributed by atoms with van der Waals surface area (Å²) in [6.45, 7) is 2.47. The van der Waals surface area contributed by atoms with Crippen molar-refractivity contribution in [2.75, 3.05) is 13.1 Å². The first-order valence-corrected chi connectivity index (χ1v) is 8.92. The number of amides is 1. The van der Waals surface area contributed by atoms with Crippen LogP contribution in [0.25, 0.3) is 0 Å². The fourth-order valence-corrected chi connectivity index (χ4v) is 3.89. The molecule has 5 nitrogen and oxygen atoms in total. The van der Waals surface area contributed by atoms with Crippen molar-refractivity contribution in [2.45, 2.75) is 38.5 Å². The van der Waals surface area contributed by atoms with E-state index >= 15 is 0 Å². The van der Waals surface area contributed by atoms with E-state index in [9.17, 15) is 17.6 Å². The zero-order valence-electron chi connectivity index (χ0n) is 12.6. The fraction of sp³-hybridized carbons (Fsp3) is 0.533. The van der Waals surface area contributed by atoms with Crippen LogP contribution < -0.4 is 4.72 Å². The number of hydrogen-bond acceptors (Lipinski definition) is 3. The van der Waals surface area contributed by atoms with Crippen molar-refractivity contribution in [3.8, 4) is 0 Å². The van der Waals surface area contributed by atoms with E-state index in [0.29, 0.717) is 32.4 Å². The van der Waals surface area contributed by atoms with Crippen LogP contribution in [0.5, 0.6) is 0 Å². The Morgan fingerprint density at radius 2 is 2.05 bits per heavy atom. The van der Waals surface area contributed by atoms with Gasteiger partial charge in [-0.3, -0.25) is 4.79 Å². The predicted molar refractivity (Wildman–Crippen MR) is 81.9 cm³/mol. The number of benzene rings is 1. The summed E-state index contributed by atoms with van der Waals surface area (Å²) in [7, 11) is -3.76. The molecule has 1 amide bonds. The van der Waals surface area contributed by atoms with Crippen molar-refractivity contribution in [2.24, 2.45) is 0 Å². The third-order valence-corrected chi connectivity index (χ3v) is 5.36. The van der Waals surface area contributed by atoms with Crippen LogP contribution >= 0.6 is 0 Å². The highest BCUT2D eigenvalue weighted by Crippen LogP contribution is 2.29. The molecule has 7 heteroatoms. The van der Waals surface area contributed by atoms with E-state index < -0.39 is 16.1 Å². The second kappa shape index (κ2) is 7.19. The van der Waals surface area contributed by atoms with Crippen LogP contribution in [0, 0.1) is 5.82 Å². The minimum atomic E-state index is -3.76. The van der Waals surface area contributed by atoms with Crippen LogP contribution in [0.4, 0.5) is 4.39 Å². The van der Waals surface area contributed by atoms with E-state index in [1.807, 2.05) is 13.0 Å². The second-order valence-corrected chi connectivity index (χ2v) is 7.18. The smallest absolute Gasteiger partial charge is 0.274 e. The van der Waals surface area contributed by atoms with Gasteiger partial charge in [0.15, 0.2) is 0 Å². The maximum absolute atomic E-state index is 13.3. The third kappa shape index (κ3) is 4.27. The Hall–Kier alpha value is -1.47. The first kappa shape index (κ1) is 16.9. The number of carbonyl (C=O) groups excluding carboxylic acids is 1. The van der Waals surface area contributed by atoms with E-state index in [-0.39, 0.29) is 18.2 Å². The summed E-state index contributed by atoms with van der Waals surface area (Å²) in [5.41, 5.74) is 0.895. The molecule has 1 aliphatic heterocycles. The van der Waals surface area contributed by atoms with Crippen LogP contribution in [0.1, 0.15) is 44.1 Å². The largest absolute Gasteiger partial charge is 0.303 e. The molecular weight excluding hydrogens is 307 g/mol. The van der Waals surface area contributed by atoms with Gasteiger partial charge in [-0.2, -0.15) is 12.7 Å². The molecule has 1 fully saturated rings. The van der Waals surface area contributed by atoms with Gasteiger partial charge in [0.2, 0.25) is 5.91 Å².